The molecule has 2 N–H and O–H groups in total. The van der Waals surface area contributed by atoms with Crippen molar-refractivity contribution in [3.8, 4) is 16.9 Å². The normalized spacial score (nSPS) is 16.9. The van der Waals surface area contributed by atoms with Crippen molar-refractivity contribution in [3.05, 3.63) is 102 Å². The van der Waals surface area contributed by atoms with Crippen molar-refractivity contribution in [3.63, 3.8) is 0 Å². The summed E-state index contributed by atoms with van der Waals surface area (Å²) >= 11 is 6.54. The van der Waals surface area contributed by atoms with E-state index < -0.39 is 6.10 Å². The summed E-state index contributed by atoms with van der Waals surface area (Å²) in [5.41, 5.74) is 4.38. The van der Waals surface area contributed by atoms with Gasteiger partial charge in [-0.2, -0.15) is 0 Å². The first-order chi connectivity index (χ1) is 23.0. The molecule has 7 rings (SSSR count). The summed E-state index contributed by atoms with van der Waals surface area (Å²) in [7, 11) is 0. The number of aromatic nitrogens is 3. The standard InChI is InChI=1S/C37H40ClFN6O2/c38-34-20-30(7-9-36(34)47-24-26-4-3-5-29(39)18-26)42-37-33-19-27(6-8-35(33)40-25-41-37)28-10-15-44(21-28)23-32(46)22-43-16-11-31(12-17-43)45-13-1-2-14-45/h3-10,15,18-21,25,31-32,46H,1-2,11-14,16-17,22-24H2,(H,40,41,42). The quantitative estimate of drug-likeness (QED) is 0.157. The van der Waals surface area contributed by atoms with Gasteiger partial charge in [0.15, 0.2) is 0 Å². The van der Waals surface area contributed by atoms with E-state index in [4.69, 9.17) is 16.3 Å². The average molecular weight is 655 g/mol. The SMILES string of the molecule is OC(CN1CCC(N2CCCC2)CC1)Cn1ccc(-c2ccc3ncnc(Nc4ccc(OCc5cccc(F)c5)c(Cl)c4)c3c2)c1. The number of nitrogens with zero attached hydrogens (tertiary/aromatic N) is 5. The first-order valence-electron chi connectivity index (χ1n) is 16.5. The molecule has 5 aromatic rings. The van der Waals surface area contributed by atoms with Crippen molar-refractivity contribution in [2.75, 3.05) is 38.0 Å². The first kappa shape index (κ1) is 31.6. The van der Waals surface area contributed by atoms with Crippen LogP contribution >= 0.6 is 11.6 Å². The van der Waals surface area contributed by atoms with Crippen LogP contribution in [0.3, 0.4) is 0 Å². The van der Waals surface area contributed by atoms with Crippen LogP contribution in [0.4, 0.5) is 15.9 Å². The van der Waals surface area contributed by atoms with Crippen LogP contribution in [0.1, 0.15) is 31.2 Å². The Bertz CT molecular complexity index is 1820. The number of β-amino-alcohol motifs (C(OH)–C–C–N with tert-alkyl or cyclic N) is 1. The second kappa shape index (κ2) is 14.4. The lowest BCUT2D eigenvalue weighted by Crippen LogP contribution is -2.46. The zero-order chi connectivity index (χ0) is 32.2. The number of halogens is 2. The lowest BCUT2D eigenvalue weighted by molar-refractivity contribution is 0.0659. The number of hydrogen-bond acceptors (Lipinski definition) is 7. The highest BCUT2D eigenvalue weighted by molar-refractivity contribution is 6.32. The minimum Gasteiger partial charge on any atom is -0.487 e. The van der Waals surface area contributed by atoms with E-state index in [1.165, 1.54) is 57.2 Å². The molecule has 0 aliphatic carbocycles. The van der Waals surface area contributed by atoms with Gasteiger partial charge < -0.3 is 29.5 Å². The molecule has 2 fully saturated rings. The largest absolute Gasteiger partial charge is 0.487 e. The van der Waals surface area contributed by atoms with Gasteiger partial charge >= 0.3 is 0 Å². The van der Waals surface area contributed by atoms with E-state index in [2.05, 4.69) is 54.0 Å². The van der Waals surface area contributed by atoms with Crippen molar-refractivity contribution in [2.24, 2.45) is 0 Å². The van der Waals surface area contributed by atoms with Crippen LogP contribution in [0.25, 0.3) is 22.0 Å². The molecule has 4 heterocycles. The van der Waals surface area contributed by atoms with Gasteiger partial charge in [-0.1, -0.05) is 29.8 Å². The van der Waals surface area contributed by atoms with E-state index in [0.717, 1.165) is 52.4 Å². The molecule has 0 spiro atoms. The number of aliphatic hydroxyl groups is 1. The summed E-state index contributed by atoms with van der Waals surface area (Å²) in [5, 5.41) is 15.6. The third-order valence-corrected chi connectivity index (χ3v) is 9.60. The van der Waals surface area contributed by atoms with Gasteiger partial charge in [-0.25, -0.2) is 14.4 Å². The van der Waals surface area contributed by atoms with E-state index in [1.54, 1.807) is 24.3 Å². The summed E-state index contributed by atoms with van der Waals surface area (Å²) in [6.45, 7) is 6.10. The molecule has 244 valence electrons. The molecule has 2 aliphatic heterocycles. The lowest BCUT2D eigenvalue weighted by atomic mass is 10.0. The number of nitrogens with one attached hydrogen (secondary N) is 1. The molecule has 47 heavy (non-hydrogen) atoms. The molecule has 3 aromatic carbocycles. The Morgan fingerprint density at radius 1 is 0.936 bits per heavy atom. The fraction of sp³-hybridized carbons (Fsp3) is 0.351. The van der Waals surface area contributed by atoms with Gasteiger partial charge in [0.25, 0.3) is 0 Å². The molecular formula is C37H40ClFN6O2. The highest BCUT2D eigenvalue weighted by Crippen LogP contribution is 2.32. The van der Waals surface area contributed by atoms with E-state index in [1.807, 2.05) is 18.3 Å². The molecule has 2 aromatic heterocycles. The highest BCUT2D eigenvalue weighted by atomic mass is 35.5. The molecular weight excluding hydrogens is 615 g/mol. The van der Waals surface area contributed by atoms with Crippen LogP contribution < -0.4 is 10.1 Å². The van der Waals surface area contributed by atoms with Crippen molar-refractivity contribution in [1.82, 2.24) is 24.3 Å². The summed E-state index contributed by atoms with van der Waals surface area (Å²) in [4.78, 5) is 14.1. The molecule has 10 heteroatoms. The second-order valence-electron chi connectivity index (χ2n) is 12.7. The molecule has 0 saturated carbocycles. The van der Waals surface area contributed by atoms with E-state index >= 15 is 0 Å². The van der Waals surface area contributed by atoms with E-state index in [0.29, 0.717) is 29.7 Å². The number of rotatable bonds is 11. The molecule has 0 radical (unpaired) electrons. The van der Waals surface area contributed by atoms with Crippen LogP contribution in [-0.2, 0) is 13.2 Å². The van der Waals surface area contributed by atoms with Gasteiger partial charge in [0.2, 0.25) is 0 Å². The average Bonchev–Trinajstić information content (AvgIpc) is 3.78. The molecule has 0 bridgehead atoms. The number of ether oxygens (including phenoxy) is 1. The highest BCUT2D eigenvalue weighted by Gasteiger charge is 2.27. The molecule has 2 aliphatic rings. The van der Waals surface area contributed by atoms with Crippen molar-refractivity contribution in [1.29, 1.82) is 0 Å². The van der Waals surface area contributed by atoms with Gasteiger partial charge in [0.05, 0.1) is 16.6 Å². The Labute approximate surface area is 279 Å². The van der Waals surface area contributed by atoms with Crippen LogP contribution in [0.15, 0.2) is 85.5 Å². The second-order valence-corrected chi connectivity index (χ2v) is 13.1. The first-order valence-corrected chi connectivity index (χ1v) is 16.8. The predicted molar refractivity (Wildman–Crippen MR) is 185 cm³/mol. The maximum absolute atomic E-state index is 13.5. The number of likely N-dealkylation sites (tertiary alicyclic amines) is 2. The molecule has 0 amide bonds. The van der Waals surface area contributed by atoms with Crippen LogP contribution in [0.5, 0.6) is 5.75 Å². The number of fused-ring (bicyclic) bond motifs is 1. The van der Waals surface area contributed by atoms with Crippen molar-refractivity contribution < 1.29 is 14.2 Å². The smallest absolute Gasteiger partial charge is 0.141 e. The van der Waals surface area contributed by atoms with Gasteiger partial charge in [0, 0.05) is 42.6 Å². The Morgan fingerprint density at radius 2 is 1.79 bits per heavy atom. The van der Waals surface area contributed by atoms with E-state index in [9.17, 15) is 9.50 Å². The number of aliphatic hydroxyl groups excluding tert-OH is 1. The maximum atomic E-state index is 13.5. The third kappa shape index (κ3) is 7.76. The number of hydrogen-bond donors (Lipinski definition) is 2. The summed E-state index contributed by atoms with van der Waals surface area (Å²) in [6, 6.07) is 20.7. The minimum atomic E-state index is -0.427. The van der Waals surface area contributed by atoms with Gasteiger partial charge in [-0.15, -0.1) is 0 Å². The maximum Gasteiger partial charge on any atom is 0.141 e. The zero-order valence-electron chi connectivity index (χ0n) is 26.4. The lowest BCUT2D eigenvalue weighted by Gasteiger charge is -2.37. The molecule has 2 saturated heterocycles. The minimum absolute atomic E-state index is 0.210. The Balaban J connectivity index is 0.981. The van der Waals surface area contributed by atoms with Crippen molar-refractivity contribution >= 4 is 34.0 Å². The predicted octanol–water partition coefficient (Wildman–Crippen LogP) is 7.13. The van der Waals surface area contributed by atoms with Crippen LogP contribution in [0.2, 0.25) is 5.02 Å². The third-order valence-electron chi connectivity index (χ3n) is 9.30. The Morgan fingerprint density at radius 3 is 2.60 bits per heavy atom. The van der Waals surface area contributed by atoms with E-state index in [-0.39, 0.29) is 12.4 Å². The fourth-order valence-electron chi connectivity index (χ4n) is 6.85. The van der Waals surface area contributed by atoms with Crippen LogP contribution in [-0.4, -0.2) is 74.3 Å². The number of anilines is 2. The summed E-state index contributed by atoms with van der Waals surface area (Å²) < 4.78 is 21.4. The van der Waals surface area contributed by atoms with Crippen molar-refractivity contribution in [2.45, 2.75) is 51.0 Å². The van der Waals surface area contributed by atoms with Crippen LogP contribution in [0, 0.1) is 5.82 Å². The fourth-order valence-corrected chi connectivity index (χ4v) is 7.09. The summed E-state index contributed by atoms with van der Waals surface area (Å²) in [5.74, 6) is 0.861. The monoisotopic (exact) mass is 654 g/mol. The number of piperidine rings is 1. The Kier molecular flexibility index (Phi) is 9.67. The zero-order valence-corrected chi connectivity index (χ0v) is 27.1. The summed E-state index contributed by atoms with van der Waals surface area (Å²) in [6.07, 6.45) is 10.3. The topological polar surface area (TPSA) is 78.7 Å². The van der Waals surface area contributed by atoms with Gasteiger partial charge in [0.1, 0.15) is 30.3 Å². The van der Waals surface area contributed by atoms with Gasteiger partial charge in [-0.3, -0.25) is 0 Å². The molecule has 8 nitrogen and oxygen atoms in total. The molecule has 1 unspecified atom stereocenters. The van der Waals surface area contributed by atoms with Gasteiger partial charge in [-0.05, 0) is 117 Å². The molecule has 1 atom stereocenters. The number of benzene rings is 3. The Hall–Kier alpha value is -4.02.